The molecule has 2 heterocycles. The number of carbonyl (C=O) groups is 1. The minimum absolute atomic E-state index is 0.0419. The maximum atomic E-state index is 12.7. The molecule has 110 valence electrons. The van der Waals surface area contributed by atoms with Crippen molar-refractivity contribution in [3.8, 4) is 0 Å². The van der Waals surface area contributed by atoms with E-state index in [0.29, 0.717) is 26.2 Å². The highest BCUT2D eigenvalue weighted by Gasteiger charge is 2.32. The zero-order chi connectivity index (χ0) is 14.9. The van der Waals surface area contributed by atoms with Crippen molar-refractivity contribution in [1.82, 2.24) is 9.88 Å². The molecule has 1 aromatic heterocycles. The molecule has 0 spiro atoms. The van der Waals surface area contributed by atoms with E-state index in [1.807, 2.05) is 0 Å². The molecule has 0 atom stereocenters. The third kappa shape index (κ3) is 2.94. The SMILES string of the molecule is CC(=O)N1CCN(c2cc(C(F)(F)F)cnc2N)CC1. The number of alkyl halides is 3. The van der Waals surface area contributed by atoms with E-state index in [1.54, 1.807) is 9.80 Å². The molecule has 5 nitrogen and oxygen atoms in total. The number of piperazine rings is 1. The van der Waals surface area contributed by atoms with Crippen LogP contribution in [0.15, 0.2) is 12.3 Å². The maximum absolute atomic E-state index is 12.7. The van der Waals surface area contributed by atoms with E-state index in [2.05, 4.69) is 4.98 Å². The molecule has 1 aromatic rings. The van der Waals surface area contributed by atoms with E-state index in [4.69, 9.17) is 5.73 Å². The molecular weight excluding hydrogens is 273 g/mol. The molecule has 1 aliphatic rings. The third-order valence-electron chi connectivity index (χ3n) is 3.29. The lowest BCUT2D eigenvalue weighted by Gasteiger charge is -2.36. The first-order chi connectivity index (χ1) is 9.29. The number of halogens is 3. The van der Waals surface area contributed by atoms with Gasteiger partial charge in [-0.3, -0.25) is 4.79 Å². The van der Waals surface area contributed by atoms with E-state index in [9.17, 15) is 18.0 Å². The van der Waals surface area contributed by atoms with Crippen molar-refractivity contribution in [2.45, 2.75) is 13.1 Å². The van der Waals surface area contributed by atoms with Gasteiger partial charge in [-0.05, 0) is 6.07 Å². The van der Waals surface area contributed by atoms with Crippen LogP contribution in [0.4, 0.5) is 24.7 Å². The zero-order valence-electron chi connectivity index (χ0n) is 10.9. The van der Waals surface area contributed by atoms with Crippen LogP contribution in [-0.2, 0) is 11.0 Å². The fraction of sp³-hybridized carbons (Fsp3) is 0.500. The molecule has 0 aliphatic carbocycles. The molecule has 1 fully saturated rings. The fourth-order valence-corrected chi connectivity index (χ4v) is 2.13. The smallest absolute Gasteiger partial charge is 0.382 e. The highest BCUT2D eigenvalue weighted by Crippen LogP contribution is 2.33. The third-order valence-corrected chi connectivity index (χ3v) is 3.29. The van der Waals surface area contributed by atoms with Crippen molar-refractivity contribution < 1.29 is 18.0 Å². The van der Waals surface area contributed by atoms with Gasteiger partial charge in [0.2, 0.25) is 5.91 Å². The Morgan fingerprint density at radius 1 is 1.30 bits per heavy atom. The summed E-state index contributed by atoms with van der Waals surface area (Å²) in [4.78, 5) is 18.2. The highest BCUT2D eigenvalue weighted by molar-refractivity contribution is 5.74. The lowest BCUT2D eigenvalue weighted by molar-refractivity contribution is -0.137. The molecule has 20 heavy (non-hydrogen) atoms. The average Bonchev–Trinajstić information content (AvgIpc) is 2.38. The summed E-state index contributed by atoms with van der Waals surface area (Å²) in [6.07, 6.45) is -3.72. The molecule has 2 rings (SSSR count). The lowest BCUT2D eigenvalue weighted by atomic mass is 10.2. The quantitative estimate of drug-likeness (QED) is 0.847. The molecule has 0 unspecified atom stereocenters. The van der Waals surface area contributed by atoms with Gasteiger partial charge >= 0.3 is 6.18 Å². The van der Waals surface area contributed by atoms with Crippen molar-refractivity contribution in [3.05, 3.63) is 17.8 Å². The summed E-state index contributed by atoms with van der Waals surface area (Å²) in [6.45, 7) is 3.27. The Labute approximate surface area is 114 Å². The van der Waals surface area contributed by atoms with Gasteiger partial charge in [-0.1, -0.05) is 0 Å². The van der Waals surface area contributed by atoms with E-state index < -0.39 is 11.7 Å². The van der Waals surface area contributed by atoms with Gasteiger partial charge in [0, 0.05) is 39.3 Å². The van der Waals surface area contributed by atoms with Gasteiger partial charge in [-0.15, -0.1) is 0 Å². The van der Waals surface area contributed by atoms with Crippen LogP contribution in [0.1, 0.15) is 12.5 Å². The average molecular weight is 288 g/mol. The number of pyridine rings is 1. The van der Waals surface area contributed by atoms with Crippen LogP contribution in [0.5, 0.6) is 0 Å². The summed E-state index contributed by atoms with van der Waals surface area (Å²) in [5, 5.41) is 0. The summed E-state index contributed by atoms with van der Waals surface area (Å²) >= 11 is 0. The number of carbonyl (C=O) groups excluding carboxylic acids is 1. The molecule has 0 radical (unpaired) electrons. The Morgan fingerprint density at radius 2 is 1.90 bits per heavy atom. The van der Waals surface area contributed by atoms with Crippen LogP contribution >= 0.6 is 0 Å². The topological polar surface area (TPSA) is 62.5 Å². The van der Waals surface area contributed by atoms with Gasteiger partial charge in [-0.25, -0.2) is 4.98 Å². The Hall–Kier alpha value is -1.99. The highest BCUT2D eigenvalue weighted by atomic mass is 19.4. The number of aromatic nitrogens is 1. The minimum atomic E-state index is -4.45. The number of amides is 1. The molecule has 0 bridgehead atoms. The van der Waals surface area contributed by atoms with Gasteiger partial charge in [0.05, 0.1) is 11.3 Å². The van der Waals surface area contributed by atoms with Crippen LogP contribution in [0.3, 0.4) is 0 Å². The Bertz CT molecular complexity index is 510. The van der Waals surface area contributed by atoms with Crippen LogP contribution in [0.2, 0.25) is 0 Å². The van der Waals surface area contributed by atoms with Crippen LogP contribution < -0.4 is 10.6 Å². The van der Waals surface area contributed by atoms with Gasteiger partial charge in [0.1, 0.15) is 5.82 Å². The predicted molar refractivity (Wildman–Crippen MR) is 68.1 cm³/mol. The number of hydrogen-bond acceptors (Lipinski definition) is 4. The first-order valence-electron chi connectivity index (χ1n) is 6.12. The number of nitrogen functional groups attached to an aromatic ring is 1. The van der Waals surface area contributed by atoms with E-state index in [0.717, 1.165) is 12.3 Å². The Kier molecular flexibility index (Phi) is 3.74. The molecule has 8 heteroatoms. The van der Waals surface area contributed by atoms with Crippen molar-refractivity contribution >= 4 is 17.4 Å². The van der Waals surface area contributed by atoms with Crippen molar-refractivity contribution in [1.29, 1.82) is 0 Å². The zero-order valence-corrected chi connectivity index (χ0v) is 10.9. The predicted octanol–water partition coefficient (Wildman–Crippen LogP) is 1.35. The minimum Gasteiger partial charge on any atom is -0.382 e. The molecule has 1 aliphatic heterocycles. The van der Waals surface area contributed by atoms with Crippen molar-refractivity contribution in [3.63, 3.8) is 0 Å². The molecule has 1 amide bonds. The molecule has 2 N–H and O–H groups in total. The van der Waals surface area contributed by atoms with Crippen LogP contribution in [0.25, 0.3) is 0 Å². The summed E-state index contributed by atoms with van der Waals surface area (Å²) in [6, 6.07) is 1.01. The van der Waals surface area contributed by atoms with Crippen LogP contribution in [0, 0.1) is 0 Å². The molecular formula is C12H15F3N4O. The standard InChI is InChI=1S/C12H15F3N4O/c1-8(20)18-2-4-19(5-3-18)10-6-9(12(13,14)15)7-17-11(10)16/h6-7H,2-5H2,1H3,(H2,16,17). The van der Waals surface area contributed by atoms with Crippen molar-refractivity contribution in [2.75, 3.05) is 36.8 Å². The number of hydrogen-bond donors (Lipinski definition) is 1. The second-order valence-corrected chi connectivity index (χ2v) is 4.62. The number of anilines is 2. The van der Waals surface area contributed by atoms with Gasteiger partial charge in [0.25, 0.3) is 0 Å². The largest absolute Gasteiger partial charge is 0.417 e. The van der Waals surface area contributed by atoms with Gasteiger partial charge < -0.3 is 15.5 Å². The first-order valence-corrected chi connectivity index (χ1v) is 6.12. The lowest BCUT2D eigenvalue weighted by Crippen LogP contribution is -2.48. The van der Waals surface area contributed by atoms with Gasteiger partial charge in [0.15, 0.2) is 0 Å². The number of rotatable bonds is 1. The fourth-order valence-electron chi connectivity index (χ4n) is 2.13. The van der Waals surface area contributed by atoms with E-state index >= 15 is 0 Å². The number of nitrogens with zero attached hydrogens (tertiary/aromatic N) is 3. The normalized spacial score (nSPS) is 16.4. The Balaban J connectivity index is 2.19. The summed E-state index contributed by atoms with van der Waals surface area (Å²) < 4.78 is 38.0. The Morgan fingerprint density at radius 3 is 2.40 bits per heavy atom. The first kappa shape index (κ1) is 14.4. The van der Waals surface area contributed by atoms with Crippen molar-refractivity contribution in [2.24, 2.45) is 0 Å². The summed E-state index contributed by atoms with van der Waals surface area (Å²) in [7, 11) is 0. The maximum Gasteiger partial charge on any atom is 0.417 e. The van der Waals surface area contributed by atoms with E-state index in [1.165, 1.54) is 6.92 Å². The number of nitrogens with two attached hydrogens (primary N) is 1. The summed E-state index contributed by atoms with van der Waals surface area (Å²) in [5.41, 5.74) is 5.10. The van der Waals surface area contributed by atoms with Crippen LogP contribution in [-0.4, -0.2) is 42.0 Å². The second-order valence-electron chi connectivity index (χ2n) is 4.62. The second kappa shape index (κ2) is 5.18. The van der Waals surface area contributed by atoms with Gasteiger partial charge in [-0.2, -0.15) is 13.2 Å². The molecule has 0 saturated carbocycles. The monoisotopic (exact) mass is 288 g/mol. The molecule has 0 aromatic carbocycles. The molecule has 1 saturated heterocycles. The van der Waals surface area contributed by atoms with E-state index in [-0.39, 0.29) is 17.4 Å². The summed E-state index contributed by atoms with van der Waals surface area (Å²) in [5.74, 6) is 0.0223.